The van der Waals surface area contributed by atoms with Crippen LogP contribution in [0, 0.1) is 0 Å². The van der Waals surface area contributed by atoms with E-state index in [9.17, 15) is 19.5 Å². The minimum Gasteiger partial charge on any atom is -0.479 e. The van der Waals surface area contributed by atoms with Gasteiger partial charge in [-0.1, -0.05) is 5.16 Å². The molecule has 0 saturated carbocycles. The second kappa shape index (κ2) is 8.71. The Morgan fingerprint density at radius 3 is 2.75 bits per heavy atom. The summed E-state index contributed by atoms with van der Waals surface area (Å²) < 4.78 is 0.774. The van der Waals surface area contributed by atoms with E-state index >= 15 is 0 Å². The Morgan fingerprint density at radius 2 is 2.16 bits per heavy atom. The molecule has 0 aliphatic carbocycles. The quantitative estimate of drug-likeness (QED) is 0.214. The number of hydrogen-bond donors (Lipinski definition) is 3. The number of β-lactam (4-membered cyclic amide) rings is 1. The number of carbonyl (C=O) groups is 3. The van der Waals surface area contributed by atoms with Gasteiger partial charge in [-0.05, 0) is 5.41 Å². The van der Waals surface area contributed by atoms with Crippen LogP contribution in [0.5, 0.6) is 0 Å². The number of nitrogen functional groups attached to an aromatic ring is 1. The van der Waals surface area contributed by atoms with Crippen LogP contribution in [0.2, 0.25) is 0 Å². The molecular formula is C19H25N6O5S2+. The molecule has 3 aliphatic rings. The van der Waals surface area contributed by atoms with Crippen LogP contribution in [-0.4, -0.2) is 94.2 Å². The van der Waals surface area contributed by atoms with Crippen molar-refractivity contribution in [3.63, 3.8) is 0 Å². The fourth-order valence-corrected chi connectivity index (χ4v) is 6.20. The number of anilines is 1. The van der Waals surface area contributed by atoms with Gasteiger partial charge >= 0.3 is 5.97 Å². The molecule has 13 heteroatoms. The topological polar surface area (TPSA) is 147 Å². The number of fused-ring (bicyclic) bond motifs is 1. The van der Waals surface area contributed by atoms with Gasteiger partial charge in [0.2, 0.25) is 5.91 Å². The molecule has 4 heterocycles. The molecule has 0 spiro atoms. The normalized spacial score (nSPS) is 26.8. The maximum atomic E-state index is 12.9. The predicted molar refractivity (Wildman–Crippen MR) is 120 cm³/mol. The standard InChI is InChI=1S/C19H24N6O5S2/c1-25(5-3-4-6-25)7-10-8-31-17-13(16(27)24(17)14(10)18(28)29)22-15(26)12(23-30-2)11-9-32-19(20)21-11/h8-9,13-14,17H,3-7H2,1-2H3,(H3-,20,21,22,26,28,29)/p+1/b23-12+/t13-,14+,17-/m1/s1. The SMILES string of the molecule is CO/N=C(/C(=O)N[C@@H]1C(=O)N2[C@H](C(=O)O)C(C[N+]3(C)CCCC3)=CS[C@H]12)c1csc(N)n1. The minimum atomic E-state index is -1.06. The van der Waals surface area contributed by atoms with E-state index in [1.165, 1.54) is 23.8 Å². The number of aliphatic carboxylic acids is 1. The number of oxime groups is 1. The lowest BCUT2D eigenvalue weighted by atomic mass is 9.97. The average Bonchev–Trinajstić information content (AvgIpc) is 3.37. The van der Waals surface area contributed by atoms with Crippen LogP contribution in [0.4, 0.5) is 5.13 Å². The number of carboxylic acids is 1. The van der Waals surface area contributed by atoms with E-state index in [4.69, 9.17) is 10.6 Å². The second-order valence-corrected chi connectivity index (χ2v) is 10.2. The number of thioether (sulfide) groups is 1. The third-order valence-corrected chi connectivity index (χ3v) is 7.85. The summed E-state index contributed by atoms with van der Waals surface area (Å²) in [5.74, 6) is -2.15. The van der Waals surface area contributed by atoms with Gasteiger partial charge in [-0.15, -0.1) is 23.1 Å². The molecular weight excluding hydrogens is 456 g/mol. The van der Waals surface area contributed by atoms with Crippen molar-refractivity contribution in [2.24, 2.45) is 5.16 Å². The molecule has 3 aliphatic heterocycles. The molecule has 0 aromatic carbocycles. The number of nitrogens with two attached hydrogens (primary N) is 1. The largest absolute Gasteiger partial charge is 0.479 e. The van der Waals surface area contributed by atoms with Crippen molar-refractivity contribution in [3.05, 3.63) is 22.1 Å². The van der Waals surface area contributed by atoms with Crippen LogP contribution < -0.4 is 11.1 Å². The zero-order valence-corrected chi connectivity index (χ0v) is 19.3. The van der Waals surface area contributed by atoms with Crippen molar-refractivity contribution in [2.75, 3.05) is 39.5 Å². The summed E-state index contributed by atoms with van der Waals surface area (Å²) in [5.41, 5.74) is 6.49. The lowest BCUT2D eigenvalue weighted by Gasteiger charge is -2.51. The minimum absolute atomic E-state index is 0.106. The molecule has 1 aromatic rings. The highest BCUT2D eigenvalue weighted by molar-refractivity contribution is 8.03. The number of amides is 2. The fourth-order valence-electron chi connectivity index (χ4n) is 4.44. The highest BCUT2D eigenvalue weighted by atomic mass is 32.2. The maximum Gasteiger partial charge on any atom is 0.331 e. The van der Waals surface area contributed by atoms with Crippen LogP contribution in [0.25, 0.3) is 0 Å². The first-order chi connectivity index (χ1) is 15.2. The first kappa shape index (κ1) is 22.6. The average molecular weight is 482 g/mol. The second-order valence-electron chi connectivity index (χ2n) is 8.28. The third-order valence-electron chi connectivity index (χ3n) is 5.96. The molecule has 0 radical (unpaired) electrons. The lowest BCUT2D eigenvalue weighted by molar-refractivity contribution is -0.893. The van der Waals surface area contributed by atoms with Crippen molar-refractivity contribution in [1.82, 2.24) is 15.2 Å². The Hall–Kier alpha value is -2.64. The molecule has 172 valence electrons. The number of likely N-dealkylation sites (N-methyl/N-ethyl adjacent to an activating group) is 1. The van der Waals surface area contributed by atoms with E-state index in [-0.39, 0.29) is 16.5 Å². The molecule has 1 aromatic heterocycles. The Balaban J connectivity index is 1.51. The number of carbonyl (C=O) groups excluding carboxylic acids is 2. The zero-order valence-electron chi connectivity index (χ0n) is 17.7. The monoisotopic (exact) mass is 481 g/mol. The summed E-state index contributed by atoms with van der Waals surface area (Å²) in [6.07, 6.45) is 2.23. The number of quaternary nitrogens is 1. The zero-order chi connectivity index (χ0) is 23.0. The molecule has 4 N–H and O–H groups in total. The Kier molecular flexibility index (Phi) is 6.14. The first-order valence-electron chi connectivity index (χ1n) is 10.1. The molecule has 3 atom stereocenters. The number of rotatable bonds is 7. The number of thiazole rings is 1. The number of nitrogens with zero attached hydrogens (tertiary/aromatic N) is 4. The summed E-state index contributed by atoms with van der Waals surface area (Å²) in [6.45, 7) is 2.58. The number of carboxylic acid groups (broad SMARTS) is 1. The molecule has 0 unspecified atom stereocenters. The maximum absolute atomic E-state index is 12.9. The van der Waals surface area contributed by atoms with E-state index in [0.717, 1.165) is 47.3 Å². The molecule has 2 fully saturated rings. The van der Waals surface area contributed by atoms with Crippen LogP contribution in [0.15, 0.2) is 21.5 Å². The molecule has 11 nitrogen and oxygen atoms in total. The van der Waals surface area contributed by atoms with E-state index in [0.29, 0.717) is 6.54 Å². The van der Waals surface area contributed by atoms with Crippen LogP contribution in [0.1, 0.15) is 18.5 Å². The molecule has 0 bridgehead atoms. The van der Waals surface area contributed by atoms with E-state index in [1.807, 2.05) is 5.41 Å². The van der Waals surface area contributed by atoms with Gasteiger partial charge in [0.05, 0.1) is 20.1 Å². The van der Waals surface area contributed by atoms with E-state index in [1.54, 1.807) is 5.38 Å². The number of likely N-dealkylation sites (tertiary alicyclic amines) is 1. The summed E-state index contributed by atoms with van der Waals surface area (Å²) in [4.78, 5) is 48.0. The summed E-state index contributed by atoms with van der Waals surface area (Å²) >= 11 is 2.50. The van der Waals surface area contributed by atoms with Gasteiger partial charge in [-0.3, -0.25) is 9.59 Å². The van der Waals surface area contributed by atoms with Gasteiger partial charge in [-0.2, -0.15) is 0 Å². The van der Waals surface area contributed by atoms with Gasteiger partial charge in [-0.25, -0.2) is 9.78 Å². The van der Waals surface area contributed by atoms with E-state index < -0.39 is 35.2 Å². The van der Waals surface area contributed by atoms with Crippen LogP contribution in [0.3, 0.4) is 0 Å². The van der Waals surface area contributed by atoms with Crippen molar-refractivity contribution < 1.29 is 28.8 Å². The van der Waals surface area contributed by atoms with Crippen molar-refractivity contribution in [3.8, 4) is 0 Å². The molecule has 32 heavy (non-hydrogen) atoms. The summed E-state index contributed by atoms with van der Waals surface area (Å²) in [5, 5.41) is 19.4. The van der Waals surface area contributed by atoms with Gasteiger partial charge in [0, 0.05) is 23.8 Å². The Bertz CT molecular complexity index is 1000. The number of hydrogen-bond acceptors (Lipinski definition) is 9. The van der Waals surface area contributed by atoms with Crippen LogP contribution >= 0.6 is 23.1 Å². The van der Waals surface area contributed by atoms with Crippen molar-refractivity contribution in [1.29, 1.82) is 0 Å². The van der Waals surface area contributed by atoms with Crippen molar-refractivity contribution in [2.45, 2.75) is 30.3 Å². The van der Waals surface area contributed by atoms with E-state index in [2.05, 4.69) is 22.5 Å². The number of nitrogens with one attached hydrogen (secondary N) is 1. The molecule has 2 saturated heterocycles. The van der Waals surface area contributed by atoms with Gasteiger partial charge in [0.15, 0.2) is 16.9 Å². The summed E-state index contributed by atoms with van der Waals surface area (Å²) in [7, 11) is 3.41. The third kappa shape index (κ3) is 4.07. The highest BCUT2D eigenvalue weighted by Crippen LogP contribution is 2.41. The van der Waals surface area contributed by atoms with Gasteiger partial charge in [0.25, 0.3) is 5.91 Å². The lowest BCUT2D eigenvalue weighted by Crippen LogP contribution is -2.74. The van der Waals surface area contributed by atoms with Gasteiger partial charge < -0.3 is 30.4 Å². The Labute approximate surface area is 192 Å². The number of aromatic nitrogens is 1. The Morgan fingerprint density at radius 1 is 1.44 bits per heavy atom. The predicted octanol–water partition coefficient (Wildman–Crippen LogP) is 0.0532. The van der Waals surface area contributed by atoms with Gasteiger partial charge in [0.1, 0.15) is 30.8 Å². The van der Waals surface area contributed by atoms with Crippen LogP contribution in [-0.2, 0) is 19.2 Å². The highest BCUT2D eigenvalue weighted by Gasteiger charge is 2.56. The molecule has 4 rings (SSSR count). The first-order valence-corrected chi connectivity index (χ1v) is 11.9. The summed E-state index contributed by atoms with van der Waals surface area (Å²) in [6, 6.07) is -1.90. The molecule has 2 amide bonds. The van der Waals surface area contributed by atoms with Crippen molar-refractivity contribution >= 4 is 51.7 Å². The fraction of sp³-hybridized carbons (Fsp3) is 0.526. The smallest absolute Gasteiger partial charge is 0.331 e.